The van der Waals surface area contributed by atoms with Gasteiger partial charge < -0.3 is 4.90 Å². The van der Waals surface area contributed by atoms with Gasteiger partial charge in [-0.1, -0.05) is 18.2 Å². The fraction of sp³-hybridized carbons (Fsp3) is 0.357. The third-order valence-corrected chi connectivity index (χ3v) is 2.84. The molecular formula is C14H18N2. The van der Waals surface area contributed by atoms with Crippen LogP contribution in [0.4, 0.5) is 5.82 Å². The first-order valence-corrected chi connectivity index (χ1v) is 5.85. The molecular weight excluding hydrogens is 196 g/mol. The molecule has 0 unspecified atom stereocenters. The Labute approximate surface area is 96.9 Å². The fourth-order valence-electron chi connectivity index (χ4n) is 2.01. The molecule has 0 aliphatic heterocycles. The molecule has 0 spiro atoms. The van der Waals surface area contributed by atoms with Crippen molar-refractivity contribution in [1.29, 1.82) is 0 Å². The number of nitrogens with zero attached hydrogens (tertiary/aromatic N) is 2. The standard InChI is InChI=1S/C14H18N2/c1-4-16(11(2)3)14-10-9-12-7-5-6-8-13(12)15-14/h5-11H,4H2,1-3H3. The van der Waals surface area contributed by atoms with Gasteiger partial charge in [0.05, 0.1) is 5.52 Å². The minimum absolute atomic E-state index is 0.485. The molecule has 0 amide bonds. The summed E-state index contributed by atoms with van der Waals surface area (Å²) < 4.78 is 0. The number of aromatic nitrogens is 1. The summed E-state index contributed by atoms with van der Waals surface area (Å²) in [5, 5.41) is 1.20. The van der Waals surface area contributed by atoms with Crippen LogP contribution in [0, 0.1) is 0 Å². The zero-order valence-electron chi connectivity index (χ0n) is 10.1. The highest BCUT2D eigenvalue weighted by Gasteiger charge is 2.09. The highest BCUT2D eigenvalue weighted by molar-refractivity contribution is 5.80. The number of hydrogen-bond donors (Lipinski definition) is 0. The number of hydrogen-bond acceptors (Lipinski definition) is 2. The normalized spacial score (nSPS) is 11.0. The summed E-state index contributed by atoms with van der Waals surface area (Å²) in [5.74, 6) is 1.07. The maximum absolute atomic E-state index is 4.69. The molecule has 0 N–H and O–H groups in total. The van der Waals surface area contributed by atoms with Crippen LogP contribution >= 0.6 is 0 Å². The minimum Gasteiger partial charge on any atom is -0.354 e. The third-order valence-electron chi connectivity index (χ3n) is 2.84. The highest BCUT2D eigenvalue weighted by atomic mass is 15.2. The quantitative estimate of drug-likeness (QED) is 0.777. The van der Waals surface area contributed by atoms with Crippen molar-refractivity contribution in [2.75, 3.05) is 11.4 Å². The molecule has 2 nitrogen and oxygen atoms in total. The van der Waals surface area contributed by atoms with E-state index < -0.39 is 0 Å². The van der Waals surface area contributed by atoms with E-state index in [1.54, 1.807) is 0 Å². The summed E-state index contributed by atoms with van der Waals surface area (Å²) >= 11 is 0. The Balaban J connectivity index is 2.45. The smallest absolute Gasteiger partial charge is 0.129 e. The molecule has 0 saturated heterocycles. The lowest BCUT2D eigenvalue weighted by molar-refractivity contribution is 0.695. The first kappa shape index (κ1) is 10.9. The lowest BCUT2D eigenvalue weighted by Crippen LogP contribution is -2.30. The molecule has 1 aromatic heterocycles. The monoisotopic (exact) mass is 214 g/mol. The second-order valence-corrected chi connectivity index (χ2v) is 4.24. The largest absolute Gasteiger partial charge is 0.354 e. The maximum atomic E-state index is 4.69. The summed E-state index contributed by atoms with van der Waals surface area (Å²) in [7, 11) is 0. The van der Waals surface area contributed by atoms with Crippen LogP contribution in [0.5, 0.6) is 0 Å². The summed E-state index contributed by atoms with van der Waals surface area (Å²) in [4.78, 5) is 6.99. The Kier molecular flexibility index (Phi) is 3.09. The van der Waals surface area contributed by atoms with Crippen molar-refractivity contribution in [1.82, 2.24) is 4.98 Å². The molecule has 1 heterocycles. The van der Waals surface area contributed by atoms with Gasteiger partial charge in [0.15, 0.2) is 0 Å². The fourth-order valence-corrected chi connectivity index (χ4v) is 2.01. The Morgan fingerprint density at radius 2 is 1.88 bits per heavy atom. The first-order valence-electron chi connectivity index (χ1n) is 5.85. The molecule has 84 valence electrons. The predicted molar refractivity (Wildman–Crippen MR) is 69.9 cm³/mol. The zero-order valence-corrected chi connectivity index (χ0v) is 10.1. The molecule has 1 aromatic carbocycles. The maximum Gasteiger partial charge on any atom is 0.129 e. The Morgan fingerprint density at radius 1 is 1.12 bits per heavy atom. The van der Waals surface area contributed by atoms with Crippen LogP contribution in [0.15, 0.2) is 36.4 Å². The van der Waals surface area contributed by atoms with E-state index in [-0.39, 0.29) is 0 Å². The van der Waals surface area contributed by atoms with Gasteiger partial charge in [-0.15, -0.1) is 0 Å². The molecule has 0 bridgehead atoms. The van der Waals surface area contributed by atoms with Gasteiger partial charge in [-0.3, -0.25) is 0 Å². The van der Waals surface area contributed by atoms with Crippen molar-refractivity contribution in [2.24, 2.45) is 0 Å². The van der Waals surface area contributed by atoms with Crippen LogP contribution in [0.1, 0.15) is 20.8 Å². The van der Waals surface area contributed by atoms with Gasteiger partial charge in [-0.2, -0.15) is 0 Å². The number of rotatable bonds is 3. The van der Waals surface area contributed by atoms with Gasteiger partial charge in [0, 0.05) is 18.0 Å². The van der Waals surface area contributed by atoms with Crippen LogP contribution in [0.2, 0.25) is 0 Å². The van der Waals surface area contributed by atoms with Crippen molar-refractivity contribution in [3.8, 4) is 0 Å². The lowest BCUT2D eigenvalue weighted by Gasteiger charge is -2.26. The van der Waals surface area contributed by atoms with Gasteiger partial charge >= 0.3 is 0 Å². The number of para-hydroxylation sites is 1. The van der Waals surface area contributed by atoms with Crippen LogP contribution in [-0.4, -0.2) is 17.6 Å². The van der Waals surface area contributed by atoms with E-state index >= 15 is 0 Å². The average molecular weight is 214 g/mol. The molecule has 2 aromatic rings. The van der Waals surface area contributed by atoms with E-state index in [4.69, 9.17) is 4.98 Å². The number of benzene rings is 1. The van der Waals surface area contributed by atoms with Crippen molar-refractivity contribution in [3.63, 3.8) is 0 Å². The molecule has 0 atom stereocenters. The van der Waals surface area contributed by atoms with Gasteiger partial charge in [-0.05, 0) is 39.0 Å². The SMILES string of the molecule is CCN(c1ccc2ccccc2n1)C(C)C. The summed E-state index contributed by atoms with van der Waals surface area (Å²) in [6, 6.07) is 13.0. The summed E-state index contributed by atoms with van der Waals surface area (Å²) in [5.41, 5.74) is 1.07. The van der Waals surface area contributed by atoms with Crippen LogP contribution in [0.25, 0.3) is 10.9 Å². The van der Waals surface area contributed by atoms with E-state index in [1.165, 1.54) is 5.39 Å². The van der Waals surface area contributed by atoms with Crippen molar-refractivity contribution in [2.45, 2.75) is 26.8 Å². The third kappa shape index (κ3) is 2.01. The van der Waals surface area contributed by atoms with Gasteiger partial charge in [0.25, 0.3) is 0 Å². The molecule has 2 rings (SSSR count). The number of pyridine rings is 1. The Bertz CT molecular complexity index is 477. The van der Waals surface area contributed by atoms with E-state index in [0.29, 0.717) is 6.04 Å². The van der Waals surface area contributed by atoms with E-state index in [0.717, 1.165) is 17.9 Å². The second kappa shape index (κ2) is 4.52. The molecule has 16 heavy (non-hydrogen) atoms. The minimum atomic E-state index is 0.485. The number of anilines is 1. The zero-order chi connectivity index (χ0) is 11.5. The van der Waals surface area contributed by atoms with Gasteiger partial charge in [0.2, 0.25) is 0 Å². The molecule has 0 fully saturated rings. The molecule has 0 saturated carbocycles. The molecule has 0 aliphatic carbocycles. The molecule has 2 heteroatoms. The Hall–Kier alpha value is -1.57. The summed E-state index contributed by atoms with van der Waals surface area (Å²) in [6.07, 6.45) is 0. The van der Waals surface area contributed by atoms with Crippen LogP contribution in [-0.2, 0) is 0 Å². The van der Waals surface area contributed by atoms with E-state index in [1.807, 2.05) is 12.1 Å². The van der Waals surface area contributed by atoms with Crippen molar-refractivity contribution in [3.05, 3.63) is 36.4 Å². The average Bonchev–Trinajstić information content (AvgIpc) is 2.29. The van der Waals surface area contributed by atoms with Crippen molar-refractivity contribution >= 4 is 16.7 Å². The van der Waals surface area contributed by atoms with Crippen molar-refractivity contribution < 1.29 is 0 Å². The Morgan fingerprint density at radius 3 is 2.56 bits per heavy atom. The van der Waals surface area contributed by atoms with Crippen LogP contribution < -0.4 is 4.90 Å². The number of fused-ring (bicyclic) bond motifs is 1. The molecule has 0 aliphatic rings. The van der Waals surface area contributed by atoms with Gasteiger partial charge in [0.1, 0.15) is 5.82 Å². The van der Waals surface area contributed by atoms with Crippen LogP contribution in [0.3, 0.4) is 0 Å². The van der Waals surface area contributed by atoms with E-state index in [2.05, 4.69) is 49.9 Å². The van der Waals surface area contributed by atoms with E-state index in [9.17, 15) is 0 Å². The summed E-state index contributed by atoms with van der Waals surface area (Å²) in [6.45, 7) is 7.54. The first-order chi connectivity index (χ1) is 7.72. The van der Waals surface area contributed by atoms with Gasteiger partial charge in [-0.25, -0.2) is 4.98 Å². The second-order valence-electron chi connectivity index (χ2n) is 4.24. The lowest BCUT2D eigenvalue weighted by atomic mass is 10.2. The highest BCUT2D eigenvalue weighted by Crippen LogP contribution is 2.19. The predicted octanol–water partition coefficient (Wildman–Crippen LogP) is 3.47. The topological polar surface area (TPSA) is 16.1 Å². The molecule has 0 radical (unpaired) electrons.